The van der Waals surface area contributed by atoms with Crippen LogP contribution < -0.4 is 0 Å². The number of carbonyl (C=O) groups is 3. The van der Waals surface area contributed by atoms with Gasteiger partial charge in [0.1, 0.15) is 11.3 Å². The average molecular weight is 362 g/mol. The zero-order chi connectivity index (χ0) is 20.2. The highest BCUT2D eigenvalue weighted by Gasteiger charge is 2.58. The van der Waals surface area contributed by atoms with Gasteiger partial charge in [-0.2, -0.15) is 0 Å². The van der Waals surface area contributed by atoms with Crippen molar-refractivity contribution in [2.24, 2.45) is 11.8 Å². The van der Waals surface area contributed by atoms with E-state index >= 15 is 0 Å². The smallest absolute Gasteiger partial charge is 0.191 e. The molecule has 0 saturated carbocycles. The number of aliphatic hydroxyl groups is 2. The van der Waals surface area contributed by atoms with Gasteiger partial charge in [-0.3, -0.25) is 14.4 Å². The molecular weight excluding hydrogens is 332 g/mol. The number of hydrogen-bond acceptors (Lipinski definition) is 5. The molecule has 0 bridgehead atoms. The van der Waals surface area contributed by atoms with Crippen molar-refractivity contribution >= 4 is 17.3 Å². The van der Waals surface area contributed by atoms with Crippen molar-refractivity contribution in [3.05, 3.63) is 34.6 Å². The number of allylic oxidation sites excluding steroid dienone is 5. The van der Waals surface area contributed by atoms with E-state index in [1.807, 2.05) is 41.5 Å². The van der Waals surface area contributed by atoms with Crippen LogP contribution in [-0.2, 0) is 14.4 Å². The van der Waals surface area contributed by atoms with E-state index in [1.165, 1.54) is 0 Å². The van der Waals surface area contributed by atoms with Crippen molar-refractivity contribution in [3.8, 4) is 0 Å². The summed E-state index contributed by atoms with van der Waals surface area (Å²) < 4.78 is 0. The Morgan fingerprint density at radius 3 is 2.12 bits per heavy atom. The highest BCUT2D eigenvalue weighted by Crippen LogP contribution is 2.41. The molecule has 5 nitrogen and oxygen atoms in total. The fourth-order valence-corrected chi connectivity index (χ4v) is 2.99. The molecule has 0 aromatic heterocycles. The van der Waals surface area contributed by atoms with Crippen molar-refractivity contribution in [2.45, 2.75) is 66.4 Å². The molecular formula is C21H30O5. The van der Waals surface area contributed by atoms with Gasteiger partial charge in [-0.05, 0) is 40.0 Å². The van der Waals surface area contributed by atoms with Crippen LogP contribution in [0.1, 0.15) is 60.8 Å². The Labute approximate surface area is 155 Å². The first kappa shape index (κ1) is 22.0. The molecule has 144 valence electrons. The molecule has 2 unspecified atom stereocenters. The molecule has 0 spiro atoms. The molecule has 0 aromatic carbocycles. The van der Waals surface area contributed by atoms with Gasteiger partial charge in [0.05, 0.1) is 5.92 Å². The van der Waals surface area contributed by atoms with Crippen molar-refractivity contribution in [1.29, 1.82) is 0 Å². The summed E-state index contributed by atoms with van der Waals surface area (Å²) in [5, 5.41) is 21.6. The van der Waals surface area contributed by atoms with E-state index in [-0.39, 0.29) is 25.2 Å². The maximum atomic E-state index is 12.8. The van der Waals surface area contributed by atoms with Crippen LogP contribution in [0.4, 0.5) is 0 Å². The van der Waals surface area contributed by atoms with E-state index in [4.69, 9.17) is 0 Å². The van der Waals surface area contributed by atoms with E-state index < -0.39 is 40.2 Å². The van der Waals surface area contributed by atoms with E-state index in [2.05, 4.69) is 0 Å². The normalized spacial score (nSPS) is 22.6. The minimum atomic E-state index is -2.35. The Morgan fingerprint density at radius 2 is 1.65 bits per heavy atom. The van der Waals surface area contributed by atoms with Gasteiger partial charge in [-0.1, -0.05) is 37.1 Å². The minimum Gasteiger partial charge on any atom is -0.508 e. The van der Waals surface area contributed by atoms with Crippen LogP contribution in [0.2, 0.25) is 0 Å². The molecule has 0 heterocycles. The number of hydrogen-bond donors (Lipinski definition) is 2. The van der Waals surface area contributed by atoms with Crippen molar-refractivity contribution < 1.29 is 24.6 Å². The second kappa shape index (κ2) is 8.58. The molecule has 1 rings (SSSR count). The van der Waals surface area contributed by atoms with Crippen LogP contribution in [0, 0.1) is 11.8 Å². The summed E-state index contributed by atoms with van der Waals surface area (Å²) >= 11 is 0. The molecule has 1 aliphatic carbocycles. The van der Waals surface area contributed by atoms with E-state index in [1.54, 1.807) is 12.2 Å². The fraction of sp³-hybridized carbons (Fsp3) is 0.571. The average Bonchev–Trinajstić information content (AvgIpc) is 2.69. The molecule has 0 fully saturated rings. The van der Waals surface area contributed by atoms with E-state index in [0.717, 1.165) is 11.1 Å². The molecule has 0 aliphatic heterocycles. The third-order valence-corrected chi connectivity index (χ3v) is 4.42. The van der Waals surface area contributed by atoms with Gasteiger partial charge < -0.3 is 10.2 Å². The molecule has 5 heteroatoms. The van der Waals surface area contributed by atoms with Crippen LogP contribution in [-0.4, -0.2) is 33.2 Å². The van der Waals surface area contributed by atoms with Crippen molar-refractivity contribution in [2.75, 3.05) is 0 Å². The summed E-state index contributed by atoms with van der Waals surface area (Å²) in [5.74, 6) is -3.84. The monoisotopic (exact) mass is 362 g/mol. The molecule has 0 amide bonds. The topological polar surface area (TPSA) is 91.7 Å². The van der Waals surface area contributed by atoms with Crippen LogP contribution in [0.5, 0.6) is 0 Å². The van der Waals surface area contributed by atoms with Gasteiger partial charge in [0, 0.05) is 12.8 Å². The first-order chi connectivity index (χ1) is 11.9. The van der Waals surface area contributed by atoms with Gasteiger partial charge >= 0.3 is 0 Å². The second-order valence-electron chi connectivity index (χ2n) is 7.85. The predicted molar refractivity (Wildman–Crippen MR) is 101 cm³/mol. The SMILES string of the molecule is CC(C)=CCC(=O)C1(O)C(O)=C(C(=O)CC(C)C)C(=O)C1CC=C(C)C. The molecule has 0 saturated heterocycles. The standard InChI is InChI=1S/C21H30O5/c1-12(2)7-9-15-19(24)18(16(22)11-14(5)6)20(25)21(15,26)17(23)10-8-13(3)4/h7-8,14-15,25-26H,9-11H2,1-6H3. The summed E-state index contributed by atoms with van der Waals surface area (Å²) in [7, 11) is 0. The minimum absolute atomic E-state index is 0.0121. The summed E-state index contributed by atoms with van der Waals surface area (Å²) in [5.41, 5.74) is -0.972. The lowest BCUT2D eigenvalue weighted by Gasteiger charge is -2.27. The second-order valence-corrected chi connectivity index (χ2v) is 7.85. The Bertz CT molecular complexity index is 685. The number of Topliss-reactive ketones (excluding diaryl/α,β-unsaturated/α-hetero) is 3. The van der Waals surface area contributed by atoms with E-state index in [9.17, 15) is 24.6 Å². The maximum Gasteiger partial charge on any atom is 0.191 e. The quantitative estimate of drug-likeness (QED) is 0.508. The number of aliphatic hydroxyl groups excluding tert-OH is 1. The Morgan fingerprint density at radius 1 is 1.12 bits per heavy atom. The Kier molecular flexibility index (Phi) is 7.27. The summed E-state index contributed by atoms with van der Waals surface area (Å²) in [6.07, 6.45) is 3.39. The zero-order valence-corrected chi connectivity index (χ0v) is 16.5. The number of rotatable bonds is 8. The third kappa shape index (κ3) is 4.58. The van der Waals surface area contributed by atoms with Gasteiger partial charge in [0.2, 0.25) is 0 Å². The van der Waals surface area contributed by atoms with Gasteiger partial charge in [0.25, 0.3) is 0 Å². The lowest BCUT2D eigenvalue weighted by molar-refractivity contribution is -0.144. The molecule has 2 atom stereocenters. The molecule has 1 aliphatic rings. The summed E-state index contributed by atoms with van der Waals surface area (Å²) in [6, 6.07) is 0. The lowest BCUT2D eigenvalue weighted by atomic mass is 9.81. The van der Waals surface area contributed by atoms with Crippen LogP contribution in [0.3, 0.4) is 0 Å². The Balaban J connectivity index is 3.41. The van der Waals surface area contributed by atoms with Crippen LogP contribution in [0.15, 0.2) is 34.6 Å². The van der Waals surface area contributed by atoms with Crippen LogP contribution >= 0.6 is 0 Å². The molecule has 0 aromatic rings. The first-order valence-corrected chi connectivity index (χ1v) is 8.96. The third-order valence-electron chi connectivity index (χ3n) is 4.42. The zero-order valence-electron chi connectivity index (χ0n) is 16.5. The van der Waals surface area contributed by atoms with Crippen molar-refractivity contribution in [3.63, 3.8) is 0 Å². The first-order valence-electron chi connectivity index (χ1n) is 8.96. The largest absolute Gasteiger partial charge is 0.508 e. The van der Waals surface area contributed by atoms with Gasteiger partial charge in [0.15, 0.2) is 23.0 Å². The van der Waals surface area contributed by atoms with Crippen LogP contribution in [0.25, 0.3) is 0 Å². The maximum absolute atomic E-state index is 12.8. The van der Waals surface area contributed by atoms with Crippen molar-refractivity contribution in [1.82, 2.24) is 0 Å². The molecule has 0 radical (unpaired) electrons. The van der Waals surface area contributed by atoms with Gasteiger partial charge in [-0.25, -0.2) is 0 Å². The molecule has 2 N–H and O–H groups in total. The van der Waals surface area contributed by atoms with Gasteiger partial charge in [-0.15, -0.1) is 0 Å². The fourth-order valence-electron chi connectivity index (χ4n) is 2.99. The highest BCUT2D eigenvalue weighted by molar-refractivity contribution is 6.26. The number of carbonyl (C=O) groups excluding carboxylic acids is 3. The predicted octanol–water partition coefficient (Wildman–Crippen LogP) is 3.63. The Hall–Kier alpha value is -2.01. The summed E-state index contributed by atoms with van der Waals surface area (Å²) in [6.45, 7) is 10.9. The van der Waals surface area contributed by atoms with E-state index in [0.29, 0.717) is 0 Å². The summed E-state index contributed by atoms with van der Waals surface area (Å²) in [4.78, 5) is 38.0. The molecule has 26 heavy (non-hydrogen) atoms. The number of ketones is 3. The highest BCUT2D eigenvalue weighted by atomic mass is 16.3. The lowest BCUT2D eigenvalue weighted by Crippen LogP contribution is -2.46.